The Morgan fingerprint density at radius 1 is 1.58 bits per heavy atom. The van der Waals surface area contributed by atoms with Crippen molar-refractivity contribution in [2.45, 2.75) is 58.7 Å². The number of hydrogen-bond acceptors (Lipinski definition) is 3. The van der Waals surface area contributed by atoms with E-state index in [9.17, 15) is 4.79 Å². The molecule has 2 heterocycles. The smallest absolute Gasteiger partial charge is 0.224 e. The summed E-state index contributed by atoms with van der Waals surface area (Å²) in [6.45, 7) is 6.52. The fourth-order valence-electron chi connectivity index (χ4n) is 2.63. The van der Waals surface area contributed by atoms with Gasteiger partial charge in [0.1, 0.15) is 0 Å². The Balaban J connectivity index is 2.15. The lowest BCUT2D eigenvalue weighted by molar-refractivity contribution is -0.126. The second-order valence-corrected chi connectivity index (χ2v) is 6.25. The molecule has 0 saturated carbocycles. The largest absolute Gasteiger partial charge is 0.369 e. The van der Waals surface area contributed by atoms with E-state index in [1.165, 1.54) is 12.8 Å². The highest BCUT2D eigenvalue weighted by atomic mass is 16.1. The predicted molar refractivity (Wildman–Crippen MR) is 74.4 cm³/mol. The Morgan fingerprint density at radius 3 is 2.95 bits per heavy atom. The van der Waals surface area contributed by atoms with Crippen LogP contribution in [0.4, 0.5) is 0 Å². The molecule has 1 saturated heterocycles. The van der Waals surface area contributed by atoms with Gasteiger partial charge in [-0.1, -0.05) is 0 Å². The average Bonchev–Trinajstić information content (AvgIpc) is 2.76. The molecule has 0 radical (unpaired) electrons. The van der Waals surface area contributed by atoms with Gasteiger partial charge in [0.15, 0.2) is 0 Å². The van der Waals surface area contributed by atoms with E-state index in [0.29, 0.717) is 18.6 Å². The Hall–Kier alpha value is -1.36. The second kappa shape index (κ2) is 5.33. The minimum atomic E-state index is -0.560. The number of aromatic nitrogens is 2. The van der Waals surface area contributed by atoms with Crippen LogP contribution in [-0.2, 0) is 11.3 Å². The highest BCUT2D eigenvalue weighted by molar-refractivity contribution is 5.79. The Bertz CT molecular complexity index is 452. The molecular formula is C14H24N4O. The zero-order valence-electron chi connectivity index (χ0n) is 12.0. The highest BCUT2D eigenvalue weighted by Crippen LogP contribution is 2.27. The molecule has 0 aromatic carbocycles. The van der Waals surface area contributed by atoms with Crippen LogP contribution in [0.15, 0.2) is 12.5 Å². The van der Waals surface area contributed by atoms with Gasteiger partial charge in [0.25, 0.3) is 0 Å². The summed E-state index contributed by atoms with van der Waals surface area (Å²) < 4.78 is 2.06. The van der Waals surface area contributed by atoms with E-state index in [1.807, 2.05) is 20.0 Å². The Morgan fingerprint density at radius 2 is 2.32 bits per heavy atom. The summed E-state index contributed by atoms with van der Waals surface area (Å²) in [5.74, 6) is -0.280. The van der Waals surface area contributed by atoms with Crippen LogP contribution in [0.25, 0.3) is 0 Å². The van der Waals surface area contributed by atoms with Crippen molar-refractivity contribution >= 4 is 5.91 Å². The number of nitrogens with one attached hydrogen (secondary N) is 1. The van der Waals surface area contributed by atoms with E-state index in [4.69, 9.17) is 5.73 Å². The quantitative estimate of drug-likeness (QED) is 0.867. The van der Waals surface area contributed by atoms with Crippen LogP contribution >= 0.6 is 0 Å². The molecule has 5 nitrogen and oxygen atoms in total. The minimum Gasteiger partial charge on any atom is -0.369 e. The number of piperidine rings is 1. The van der Waals surface area contributed by atoms with Crippen LogP contribution in [0, 0.1) is 5.41 Å². The summed E-state index contributed by atoms with van der Waals surface area (Å²) in [5, 5.41) is 3.60. The summed E-state index contributed by atoms with van der Waals surface area (Å²) >= 11 is 0. The van der Waals surface area contributed by atoms with Crippen molar-refractivity contribution < 1.29 is 4.79 Å². The number of primary amides is 1. The lowest BCUT2D eigenvalue weighted by Crippen LogP contribution is -2.38. The van der Waals surface area contributed by atoms with E-state index >= 15 is 0 Å². The fourth-order valence-corrected chi connectivity index (χ4v) is 2.63. The van der Waals surface area contributed by atoms with Crippen molar-refractivity contribution in [2.24, 2.45) is 11.1 Å². The molecule has 5 heteroatoms. The predicted octanol–water partition coefficient (Wildman–Crippen LogP) is 1.60. The van der Waals surface area contributed by atoms with Gasteiger partial charge >= 0.3 is 0 Å². The fraction of sp³-hybridized carbons (Fsp3) is 0.714. The summed E-state index contributed by atoms with van der Waals surface area (Å²) in [6, 6.07) is 0.862. The van der Waals surface area contributed by atoms with Crippen LogP contribution in [0.2, 0.25) is 0 Å². The van der Waals surface area contributed by atoms with Gasteiger partial charge in [-0.3, -0.25) is 4.79 Å². The van der Waals surface area contributed by atoms with E-state index < -0.39 is 5.41 Å². The third-order valence-corrected chi connectivity index (χ3v) is 3.95. The molecule has 1 aliphatic heterocycles. The van der Waals surface area contributed by atoms with Crippen molar-refractivity contribution in [3.05, 3.63) is 18.2 Å². The van der Waals surface area contributed by atoms with Crippen LogP contribution < -0.4 is 11.1 Å². The van der Waals surface area contributed by atoms with Gasteiger partial charge in [0, 0.05) is 24.8 Å². The normalized spacial score (nSPS) is 24.4. The number of imidazole rings is 1. The van der Waals surface area contributed by atoms with Crippen molar-refractivity contribution in [2.75, 3.05) is 0 Å². The molecule has 106 valence electrons. The first kappa shape index (κ1) is 14.1. The van der Waals surface area contributed by atoms with Crippen molar-refractivity contribution in [1.29, 1.82) is 0 Å². The molecule has 0 aliphatic carbocycles. The number of amides is 1. The molecule has 19 heavy (non-hydrogen) atoms. The molecule has 1 aliphatic rings. The minimum absolute atomic E-state index is 0.280. The van der Waals surface area contributed by atoms with Crippen molar-refractivity contribution in [3.63, 3.8) is 0 Å². The lowest BCUT2D eigenvalue weighted by Gasteiger charge is -2.30. The standard InChI is InChI=1S/C14H24N4O/c1-10-5-4-6-11(17-10)12-7-16-9-18(12)8-14(2,3)13(15)19/h7,9-11,17H,4-6,8H2,1-3H3,(H2,15,19). The molecule has 1 fully saturated rings. The molecule has 2 rings (SSSR count). The lowest BCUT2D eigenvalue weighted by atomic mass is 9.92. The first-order valence-electron chi connectivity index (χ1n) is 6.96. The average molecular weight is 264 g/mol. The summed E-state index contributed by atoms with van der Waals surface area (Å²) in [6.07, 6.45) is 7.25. The van der Waals surface area contributed by atoms with Crippen molar-refractivity contribution in [1.82, 2.24) is 14.9 Å². The van der Waals surface area contributed by atoms with E-state index in [1.54, 1.807) is 6.33 Å². The summed E-state index contributed by atoms with van der Waals surface area (Å²) in [7, 11) is 0. The van der Waals surface area contributed by atoms with Crippen molar-refractivity contribution in [3.8, 4) is 0 Å². The third-order valence-electron chi connectivity index (χ3n) is 3.95. The number of carbonyl (C=O) groups excluding carboxylic acids is 1. The molecule has 1 aromatic heterocycles. The maximum atomic E-state index is 11.5. The summed E-state index contributed by atoms with van der Waals surface area (Å²) in [4.78, 5) is 15.7. The van der Waals surface area contributed by atoms with Gasteiger partial charge in [0.2, 0.25) is 5.91 Å². The SMILES string of the molecule is CC1CCCC(c2cncn2CC(C)(C)C(N)=O)N1. The molecule has 3 N–H and O–H groups in total. The third kappa shape index (κ3) is 3.15. The summed E-state index contributed by atoms with van der Waals surface area (Å²) in [5.41, 5.74) is 6.04. The van der Waals surface area contributed by atoms with Crippen LogP contribution in [0.1, 0.15) is 51.8 Å². The zero-order valence-corrected chi connectivity index (χ0v) is 12.0. The van der Waals surface area contributed by atoms with Gasteiger partial charge in [-0.2, -0.15) is 0 Å². The van der Waals surface area contributed by atoms with Crippen LogP contribution in [0.5, 0.6) is 0 Å². The van der Waals surface area contributed by atoms with E-state index in [0.717, 1.165) is 12.1 Å². The zero-order chi connectivity index (χ0) is 14.0. The van der Waals surface area contributed by atoms with Gasteiger partial charge in [-0.25, -0.2) is 4.98 Å². The number of nitrogens with zero attached hydrogens (tertiary/aromatic N) is 2. The molecule has 0 spiro atoms. The van der Waals surface area contributed by atoms with E-state index in [-0.39, 0.29) is 5.91 Å². The molecule has 0 bridgehead atoms. The number of rotatable bonds is 4. The number of carbonyl (C=O) groups is 1. The van der Waals surface area contributed by atoms with Crippen LogP contribution in [0.3, 0.4) is 0 Å². The molecule has 1 amide bonds. The number of nitrogens with two attached hydrogens (primary N) is 1. The van der Waals surface area contributed by atoms with Gasteiger partial charge in [0.05, 0.1) is 17.4 Å². The first-order valence-corrected chi connectivity index (χ1v) is 6.96. The maximum absolute atomic E-state index is 11.5. The molecule has 2 atom stereocenters. The van der Waals surface area contributed by atoms with Gasteiger partial charge in [-0.05, 0) is 40.0 Å². The van der Waals surface area contributed by atoms with Gasteiger partial charge < -0.3 is 15.6 Å². The number of hydrogen-bond donors (Lipinski definition) is 2. The Labute approximate surface area is 114 Å². The highest BCUT2D eigenvalue weighted by Gasteiger charge is 2.28. The van der Waals surface area contributed by atoms with E-state index in [2.05, 4.69) is 21.8 Å². The Kier molecular flexibility index (Phi) is 3.94. The topological polar surface area (TPSA) is 72.9 Å². The molecule has 2 unspecified atom stereocenters. The maximum Gasteiger partial charge on any atom is 0.224 e. The molecular weight excluding hydrogens is 240 g/mol. The monoisotopic (exact) mass is 264 g/mol. The second-order valence-electron chi connectivity index (χ2n) is 6.25. The first-order chi connectivity index (χ1) is 8.90. The van der Waals surface area contributed by atoms with Gasteiger partial charge in [-0.15, -0.1) is 0 Å². The van der Waals surface area contributed by atoms with Crippen LogP contribution in [-0.4, -0.2) is 21.5 Å². The molecule has 1 aromatic rings.